The van der Waals surface area contributed by atoms with Gasteiger partial charge in [0.2, 0.25) is 5.91 Å². The molecule has 1 unspecified atom stereocenters. The fraction of sp³-hybridized carbons (Fsp3) is 0.842. The number of hydrogen-bond acceptors (Lipinski definition) is 4. The van der Waals surface area contributed by atoms with Crippen molar-refractivity contribution >= 4 is 5.91 Å². The highest BCUT2D eigenvalue weighted by atomic mass is 16.5. The molecule has 0 radical (unpaired) electrons. The van der Waals surface area contributed by atoms with Crippen LogP contribution in [0.25, 0.3) is 0 Å². The van der Waals surface area contributed by atoms with E-state index >= 15 is 0 Å². The Bertz CT molecular complexity index is 450. The maximum atomic E-state index is 12.6. The van der Waals surface area contributed by atoms with Crippen molar-refractivity contribution < 1.29 is 14.3 Å². The highest BCUT2D eigenvalue weighted by molar-refractivity contribution is 5.79. The van der Waals surface area contributed by atoms with Crippen LogP contribution in [0.5, 0.6) is 0 Å². The Labute approximate surface area is 146 Å². The van der Waals surface area contributed by atoms with E-state index in [0.717, 1.165) is 65.1 Å². The molecular formula is C19H32N2O3. The molecule has 0 aromatic heterocycles. The van der Waals surface area contributed by atoms with Gasteiger partial charge < -0.3 is 14.4 Å². The summed E-state index contributed by atoms with van der Waals surface area (Å²) in [6.07, 6.45) is 9.60. The molecule has 0 aromatic carbocycles. The standard InChI is InChI=1S/C19H32N2O3/c1-23-12-11-21-15-19(13-17(21)14-24-2)7-9-20(10-8-19)18(22)16-5-3-4-6-16/h3-4,16-17H,5-15H2,1-2H3. The van der Waals surface area contributed by atoms with E-state index in [0.29, 0.717) is 17.4 Å². The normalized spacial score (nSPS) is 27.4. The van der Waals surface area contributed by atoms with Crippen LogP contribution in [0, 0.1) is 11.3 Å². The average Bonchev–Trinajstić information content (AvgIpc) is 3.23. The quantitative estimate of drug-likeness (QED) is 0.695. The Balaban J connectivity index is 1.55. The number of nitrogens with zero attached hydrogens (tertiary/aromatic N) is 2. The molecule has 2 aliphatic heterocycles. The summed E-state index contributed by atoms with van der Waals surface area (Å²) in [7, 11) is 3.55. The van der Waals surface area contributed by atoms with Gasteiger partial charge in [-0.05, 0) is 37.5 Å². The fourth-order valence-corrected chi connectivity index (χ4v) is 4.72. The molecule has 0 N–H and O–H groups in total. The van der Waals surface area contributed by atoms with Gasteiger partial charge in [0, 0.05) is 52.4 Å². The number of piperidine rings is 1. The van der Waals surface area contributed by atoms with Gasteiger partial charge in [-0.1, -0.05) is 12.2 Å². The molecule has 3 rings (SSSR count). The minimum Gasteiger partial charge on any atom is -0.383 e. The molecule has 24 heavy (non-hydrogen) atoms. The van der Waals surface area contributed by atoms with Gasteiger partial charge in [-0.3, -0.25) is 9.69 Å². The number of carbonyl (C=O) groups excluding carboxylic acids is 1. The summed E-state index contributed by atoms with van der Waals surface area (Å²) in [6.45, 7) is 5.51. The van der Waals surface area contributed by atoms with E-state index in [1.807, 2.05) is 0 Å². The van der Waals surface area contributed by atoms with E-state index in [1.54, 1.807) is 14.2 Å². The predicted octanol–water partition coefficient (Wildman–Crippen LogP) is 1.93. The molecule has 1 amide bonds. The Morgan fingerprint density at radius 1 is 1.17 bits per heavy atom. The van der Waals surface area contributed by atoms with Gasteiger partial charge in [0.05, 0.1) is 13.2 Å². The maximum absolute atomic E-state index is 12.6. The number of likely N-dealkylation sites (tertiary alicyclic amines) is 2. The average molecular weight is 336 g/mol. The molecule has 3 aliphatic rings. The van der Waals surface area contributed by atoms with Crippen molar-refractivity contribution in [1.82, 2.24) is 9.80 Å². The second-order valence-electron chi connectivity index (χ2n) is 7.74. The first kappa shape index (κ1) is 17.9. The van der Waals surface area contributed by atoms with Crippen LogP contribution in [0.1, 0.15) is 32.1 Å². The van der Waals surface area contributed by atoms with Gasteiger partial charge in [0.15, 0.2) is 0 Å². The molecule has 0 aromatic rings. The maximum Gasteiger partial charge on any atom is 0.226 e. The van der Waals surface area contributed by atoms with Gasteiger partial charge in [-0.25, -0.2) is 0 Å². The Morgan fingerprint density at radius 2 is 1.88 bits per heavy atom. The smallest absolute Gasteiger partial charge is 0.226 e. The van der Waals surface area contributed by atoms with E-state index in [2.05, 4.69) is 22.0 Å². The highest BCUT2D eigenvalue weighted by Gasteiger charge is 2.46. The van der Waals surface area contributed by atoms with Crippen molar-refractivity contribution in [2.75, 3.05) is 53.6 Å². The third-order valence-electron chi connectivity index (χ3n) is 6.16. The molecule has 5 heteroatoms. The summed E-state index contributed by atoms with van der Waals surface area (Å²) in [5.74, 6) is 0.583. The Morgan fingerprint density at radius 3 is 2.50 bits per heavy atom. The van der Waals surface area contributed by atoms with E-state index in [-0.39, 0.29) is 5.92 Å². The number of rotatable bonds is 6. The molecule has 2 heterocycles. The molecule has 136 valence electrons. The zero-order chi connectivity index (χ0) is 17.0. The molecule has 1 atom stereocenters. The second-order valence-corrected chi connectivity index (χ2v) is 7.74. The number of methoxy groups -OCH3 is 2. The SMILES string of the molecule is COCCN1CC2(CCN(C(=O)C3CC=CC3)CC2)CC1COC. The number of amides is 1. The van der Waals surface area contributed by atoms with Gasteiger partial charge in [0.1, 0.15) is 0 Å². The first-order chi connectivity index (χ1) is 11.7. The molecule has 1 spiro atoms. The molecule has 0 bridgehead atoms. The van der Waals surface area contributed by atoms with Crippen molar-refractivity contribution in [2.24, 2.45) is 11.3 Å². The number of hydrogen-bond donors (Lipinski definition) is 0. The van der Waals surface area contributed by atoms with Crippen molar-refractivity contribution in [1.29, 1.82) is 0 Å². The van der Waals surface area contributed by atoms with Gasteiger partial charge in [-0.15, -0.1) is 0 Å². The summed E-state index contributed by atoms with van der Waals surface area (Å²) in [5.41, 5.74) is 0.363. The number of carbonyl (C=O) groups is 1. The van der Waals surface area contributed by atoms with E-state index in [4.69, 9.17) is 9.47 Å². The lowest BCUT2D eigenvalue weighted by Gasteiger charge is -2.40. The number of allylic oxidation sites excluding steroid dienone is 2. The lowest BCUT2D eigenvalue weighted by atomic mass is 9.76. The van der Waals surface area contributed by atoms with E-state index < -0.39 is 0 Å². The third kappa shape index (κ3) is 3.84. The predicted molar refractivity (Wildman–Crippen MR) is 93.8 cm³/mol. The first-order valence-corrected chi connectivity index (χ1v) is 9.33. The Kier molecular flexibility index (Phi) is 5.95. The lowest BCUT2D eigenvalue weighted by molar-refractivity contribution is -0.137. The van der Waals surface area contributed by atoms with Crippen LogP contribution >= 0.6 is 0 Å². The van der Waals surface area contributed by atoms with Crippen molar-refractivity contribution in [3.63, 3.8) is 0 Å². The van der Waals surface area contributed by atoms with Gasteiger partial charge in [0.25, 0.3) is 0 Å². The minimum absolute atomic E-state index is 0.210. The van der Waals surface area contributed by atoms with Gasteiger partial charge in [-0.2, -0.15) is 0 Å². The molecule has 2 saturated heterocycles. The van der Waals surface area contributed by atoms with Crippen LogP contribution in [0.3, 0.4) is 0 Å². The van der Waals surface area contributed by atoms with E-state index in [1.165, 1.54) is 6.42 Å². The van der Waals surface area contributed by atoms with Crippen LogP contribution in [0.15, 0.2) is 12.2 Å². The van der Waals surface area contributed by atoms with Crippen molar-refractivity contribution in [3.05, 3.63) is 12.2 Å². The summed E-state index contributed by atoms with van der Waals surface area (Å²) >= 11 is 0. The minimum atomic E-state index is 0.210. The third-order valence-corrected chi connectivity index (χ3v) is 6.16. The second kappa shape index (κ2) is 7.98. The fourth-order valence-electron chi connectivity index (χ4n) is 4.72. The van der Waals surface area contributed by atoms with Crippen LogP contribution in [0.4, 0.5) is 0 Å². The van der Waals surface area contributed by atoms with E-state index in [9.17, 15) is 4.79 Å². The molecular weight excluding hydrogens is 304 g/mol. The summed E-state index contributed by atoms with van der Waals surface area (Å²) < 4.78 is 10.7. The van der Waals surface area contributed by atoms with Crippen LogP contribution in [-0.2, 0) is 14.3 Å². The lowest BCUT2D eigenvalue weighted by Crippen LogP contribution is -2.46. The molecule has 1 aliphatic carbocycles. The number of ether oxygens (including phenoxy) is 2. The topological polar surface area (TPSA) is 42.0 Å². The largest absolute Gasteiger partial charge is 0.383 e. The first-order valence-electron chi connectivity index (χ1n) is 9.33. The van der Waals surface area contributed by atoms with Gasteiger partial charge >= 0.3 is 0 Å². The molecule has 5 nitrogen and oxygen atoms in total. The van der Waals surface area contributed by atoms with Crippen LogP contribution in [-0.4, -0.2) is 75.4 Å². The monoisotopic (exact) mass is 336 g/mol. The zero-order valence-electron chi connectivity index (χ0n) is 15.2. The summed E-state index contributed by atoms with van der Waals surface area (Å²) in [4.78, 5) is 17.3. The molecule has 2 fully saturated rings. The summed E-state index contributed by atoms with van der Waals surface area (Å²) in [6, 6.07) is 0.492. The van der Waals surface area contributed by atoms with Crippen LogP contribution < -0.4 is 0 Å². The van der Waals surface area contributed by atoms with Crippen molar-refractivity contribution in [3.8, 4) is 0 Å². The molecule has 0 saturated carbocycles. The van der Waals surface area contributed by atoms with Crippen LogP contribution in [0.2, 0.25) is 0 Å². The van der Waals surface area contributed by atoms with Crippen molar-refractivity contribution in [2.45, 2.75) is 38.1 Å². The highest BCUT2D eigenvalue weighted by Crippen LogP contribution is 2.43. The zero-order valence-corrected chi connectivity index (χ0v) is 15.2. The Hall–Kier alpha value is -0.910. The summed E-state index contributed by atoms with van der Waals surface area (Å²) in [5, 5.41) is 0.